The molecule has 3 heteroatoms. The molecule has 1 heterocycles. The van der Waals surface area contributed by atoms with E-state index in [0.717, 1.165) is 41.9 Å². The van der Waals surface area contributed by atoms with Gasteiger partial charge in [0.25, 0.3) is 0 Å². The molecule has 20 heavy (non-hydrogen) atoms. The molecule has 3 atom stereocenters. The summed E-state index contributed by atoms with van der Waals surface area (Å²) in [5.74, 6) is 2.50. The van der Waals surface area contributed by atoms with Gasteiger partial charge in [0.2, 0.25) is 0 Å². The third-order valence-corrected chi connectivity index (χ3v) is 5.08. The lowest BCUT2D eigenvalue weighted by Gasteiger charge is -2.48. The Morgan fingerprint density at radius 1 is 1.20 bits per heavy atom. The molecule has 1 fully saturated rings. The molecule has 1 N–H and O–H groups in total. The van der Waals surface area contributed by atoms with Crippen molar-refractivity contribution in [2.24, 2.45) is 11.8 Å². The number of ether oxygens (including phenoxy) is 1. The highest BCUT2D eigenvalue weighted by Crippen LogP contribution is 2.49. The van der Waals surface area contributed by atoms with Crippen molar-refractivity contribution in [3.8, 4) is 5.75 Å². The van der Waals surface area contributed by atoms with Crippen LogP contribution in [0.3, 0.4) is 0 Å². The minimum Gasteiger partial charge on any atom is -0.487 e. The van der Waals surface area contributed by atoms with Crippen LogP contribution >= 0.6 is 11.6 Å². The minimum atomic E-state index is 0.00555. The van der Waals surface area contributed by atoms with Crippen LogP contribution in [0.2, 0.25) is 5.02 Å². The predicted octanol–water partition coefficient (Wildman–Crippen LogP) is 4.58. The molecule has 2 nitrogen and oxygen atoms in total. The van der Waals surface area contributed by atoms with Crippen LogP contribution in [0.4, 0.5) is 0 Å². The van der Waals surface area contributed by atoms with Crippen LogP contribution in [0, 0.1) is 11.8 Å². The normalized spacial score (nSPS) is 36.5. The first-order chi connectivity index (χ1) is 9.51. The summed E-state index contributed by atoms with van der Waals surface area (Å²) in [5.41, 5.74) is 1.21. The summed E-state index contributed by atoms with van der Waals surface area (Å²) in [6, 6.07) is 6.35. The molecule has 1 aromatic carbocycles. The number of benzene rings is 1. The Kier molecular flexibility index (Phi) is 3.72. The van der Waals surface area contributed by atoms with Crippen LogP contribution in [0.25, 0.3) is 0 Å². The van der Waals surface area contributed by atoms with E-state index in [4.69, 9.17) is 16.3 Å². The summed E-state index contributed by atoms with van der Waals surface area (Å²) in [5, 5.41) is 4.24. The standard InChI is InChI=1S/C17H24ClNO/c1-11-6-12(2)9-17(8-11)10-15(19-3)14-7-13(18)4-5-16(14)20-17/h4-5,7,11-12,15,19H,6,8-10H2,1-3H3. The van der Waals surface area contributed by atoms with Crippen molar-refractivity contribution in [3.63, 3.8) is 0 Å². The molecule has 0 saturated heterocycles. The number of hydrogen-bond acceptors (Lipinski definition) is 2. The maximum Gasteiger partial charge on any atom is 0.125 e. The largest absolute Gasteiger partial charge is 0.487 e. The van der Waals surface area contributed by atoms with Gasteiger partial charge in [0.15, 0.2) is 0 Å². The number of fused-ring (bicyclic) bond motifs is 1. The smallest absolute Gasteiger partial charge is 0.125 e. The maximum atomic E-state index is 6.49. The van der Waals surface area contributed by atoms with E-state index in [0.29, 0.717) is 6.04 Å². The third-order valence-electron chi connectivity index (χ3n) is 4.84. The van der Waals surface area contributed by atoms with E-state index in [1.165, 1.54) is 12.0 Å². The van der Waals surface area contributed by atoms with Crippen molar-refractivity contribution in [2.45, 2.75) is 51.2 Å². The Morgan fingerprint density at radius 2 is 1.90 bits per heavy atom. The lowest BCUT2D eigenvalue weighted by molar-refractivity contribution is -0.0340. The Bertz CT molecular complexity index is 492. The highest BCUT2D eigenvalue weighted by molar-refractivity contribution is 6.30. The van der Waals surface area contributed by atoms with Crippen molar-refractivity contribution in [2.75, 3.05) is 7.05 Å². The van der Waals surface area contributed by atoms with Crippen molar-refractivity contribution in [1.82, 2.24) is 5.32 Å². The van der Waals surface area contributed by atoms with E-state index in [-0.39, 0.29) is 5.60 Å². The number of hydrogen-bond donors (Lipinski definition) is 1. The van der Waals surface area contributed by atoms with Gasteiger partial charge in [0, 0.05) is 23.0 Å². The van der Waals surface area contributed by atoms with Gasteiger partial charge in [0.1, 0.15) is 11.4 Å². The van der Waals surface area contributed by atoms with Crippen molar-refractivity contribution in [1.29, 1.82) is 0 Å². The number of halogens is 1. The average molecular weight is 294 g/mol. The van der Waals surface area contributed by atoms with Gasteiger partial charge in [0.05, 0.1) is 0 Å². The van der Waals surface area contributed by atoms with Gasteiger partial charge in [-0.05, 0) is 56.3 Å². The Hall–Kier alpha value is -0.730. The summed E-state index contributed by atoms with van der Waals surface area (Å²) in [6.07, 6.45) is 4.70. The SMILES string of the molecule is CNC1CC2(CC(C)CC(C)C2)Oc2ccc(Cl)cc21. The summed E-state index contributed by atoms with van der Waals surface area (Å²) in [7, 11) is 2.03. The van der Waals surface area contributed by atoms with E-state index in [1.54, 1.807) is 0 Å². The topological polar surface area (TPSA) is 21.3 Å². The van der Waals surface area contributed by atoms with Gasteiger partial charge in [-0.3, -0.25) is 0 Å². The molecule has 0 radical (unpaired) electrons. The van der Waals surface area contributed by atoms with Crippen LogP contribution in [0.1, 0.15) is 51.1 Å². The van der Waals surface area contributed by atoms with Gasteiger partial charge in [-0.15, -0.1) is 0 Å². The summed E-state index contributed by atoms with van der Waals surface area (Å²) in [6.45, 7) is 4.71. The molecular formula is C17H24ClNO. The molecule has 0 aromatic heterocycles. The zero-order valence-electron chi connectivity index (χ0n) is 12.6. The van der Waals surface area contributed by atoms with E-state index < -0.39 is 0 Å². The molecule has 0 bridgehead atoms. The molecule has 1 aromatic rings. The quantitative estimate of drug-likeness (QED) is 0.818. The molecule has 1 saturated carbocycles. The van der Waals surface area contributed by atoms with Crippen LogP contribution in [0.5, 0.6) is 5.75 Å². The Labute approximate surface area is 126 Å². The van der Waals surface area contributed by atoms with Crippen LogP contribution in [-0.2, 0) is 0 Å². The molecule has 3 unspecified atom stereocenters. The maximum absolute atomic E-state index is 6.49. The zero-order valence-corrected chi connectivity index (χ0v) is 13.3. The molecule has 3 rings (SSSR count). The Morgan fingerprint density at radius 3 is 2.55 bits per heavy atom. The van der Waals surface area contributed by atoms with Crippen LogP contribution in [-0.4, -0.2) is 12.6 Å². The first-order valence-corrected chi connectivity index (χ1v) is 8.05. The highest BCUT2D eigenvalue weighted by Gasteiger charge is 2.45. The van der Waals surface area contributed by atoms with E-state index in [2.05, 4.69) is 19.2 Å². The summed E-state index contributed by atoms with van der Waals surface area (Å²) < 4.78 is 6.49. The number of nitrogens with one attached hydrogen (secondary N) is 1. The van der Waals surface area contributed by atoms with E-state index in [9.17, 15) is 0 Å². The molecule has 0 amide bonds. The Balaban J connectivity index is 1.96. The second-order valence-electron chi connectivity index (χ2n) is 6.87. The van der Waals surface area contributed by atoms with Gasteiger partial charge >= 0.3 is 0 Å². The minimum absolute atomic E-state index is 0.00555. The second-order valence-corrected chi connectivity index (χ2v) is 7.30. The monoisotopic (exact) mass is 293 g/mol. The molecule has 1 aliphatic carbocycles. The second kappa shape index (κ2) is 5.23. The van der Waals surface area contributed by atoms with Crippen molar-refractivity contribution in [3.05, 3.63) is 28.8 Å². The van der Waals surface area contributed by atoms with Crippen LogP contribution < -0.4 is 10.1 Å². The fraction of sp³-hybridized carbons (Fsp3) is 0.647. The zero-order chi connectivity index (χ0) is 14.3. The van der Waals surface area contributed by atoms with Crippen LogP contribution in [0.15, 0.2) is 18.2 Å². The van der Waals surface area contributed by atoms with E-state index >= 15 is 0 Å². The fourth-order valence-electron chi connectivity index (χ4n) is 4.36. The first-order valence-electron chi connectivity index (χ1n) is 7.67. The summed E-state index contributed by atoms with van der Waals surface area (Å²) >= 11 is 6.14. The van der Waals surface area contributed by atoms with Gasteiger partial charge in [-0.25, -0.2) is 0 Å². The average Bonchev–Trinajstić information content (AvgIpc) is 2.37. The fourth-order valence-corrected chi connectivity index (χ4v) is 4.54. The van der Waals surface area contributed by atoms with Gasteiger partial charge < -0.3 is 10.1 Å². The molecule has 110 valence electrons. The number of rotatable bonds is 1. The lowest BCUT2D eigenvalue weighted by Crippen LogP contribution is -2.48. The molecule has 2 aliphatic rings. The van der Waals surface area contributed by atoms with Gasteiger partial charge in [-0.2, -0.15) is 0 Å². The molecular weight excluding hydrogens is 270 g/mol. The predicted molar refractivity (Wildman–Crippen MR) is 83.4 cm³/mol. The molecule has 1 spiro atoms. The van der Waals surface area contributed by atoms with Crippen molar-refractivity contribution >= 4 is 11.6 Å². The highest BCUT2D eigenvalue weighted by atomic mass is 35.5. The van der Waals surface area contributed by atoms with Gasteiger partial charge in [-0.1, -0.05) is 25.4 Å². The van der Waals surface area contributed by atoms with Crippen molar-refractivity contribution < 1.29 is 4.74 Å². The summed E-state index contributed by atoms with van der Waals surface area (Å²) in [4.78, 5) is 0. The molecule has 1 aliphatic heterocycles. The van der Waals surface area contributed by atoms with E-state index in [1.807, 2.05) is 25.2 Å². The lowest BCUT2D eigenvalue weighted by atomic mass is 9.69. The third kappa shape index (κ3) is 2.56. The first kappa shape index (κ1) is 14.2.